The van der Waals surface area contributed by atoms with Gasteiger partial charge < -0.3 is 15.3 Å². The van der Waals surface area contributed by atoms with E-state index >= 15 is 0 Å². The van der Waals surface area contributed by atoms with Gasteiger partial charge in [-0.05, 0) is 62.1 Å². The summed E-state index contributed by atoms with van der Waals surface area (Å²) in [7, 11) is 0. The van der Waals surface area contributed by atoms with E-state index in [0.29, 0.717) is 29.3 Å². The molecule has 2 aliphatic heterocycles. The summed E-state index contributed by atoms with van der Waals surface area (Å²) in [5, 5.41) is 22.4. The van der Waals surface area contributed by atoms with Gasteiger partial charge in [0.1, 0.15) is 5.75 Å². The molecule has 2 aromatic rings. The highest BCUT2D eigenvalue weighted by molar-refractivity contribution is 5.71. The van der Waals surface area contributed by atoms with Gasteiger partial charge in [0, 0.05) is 24.2 Å². The van der Waals surface area contributed by atoms with Crippen molar-refractivity contribution in [2.24, 2.45) is 5.92 Å². The molecule has 0 radical (unpaired) electrons. The Morgan fingerprint density at radius 3 is 2.66 bits per heavy atom. The fraction of sp³-hybridized carbons (Fsp3) is 0.524. The predicted molar refractivity (Wildman–Crippen MR) is 105 cm³/mol. The molecule has 2 N–H and O–H groups in total. The van der Waals surface area contributed by atoms with Crippen LogP contribution in [0.5, 0.6) is 5.75 Å². The van der Waals surface area contributed by atoms with Crippen molar-refractivity contribution in [3.05, 3.63) is 35.4 Å². The van der Waals surface area contributed by atoms with E-state index < -0.39 is 17.5 Å². The molecular weight excluding hydrogens is 381 g/mol. The maximum absolute atomic E-state index is 12.9. The smallest absolute Gasteiger partial charge is 0.416 e. The zero-order valence-electron chi connectivity index (χ0n) is 16.5. The summed E-state index contributed by atoms with van der Waals surface area (Å²) in [5.41, 5.74) is 0.0743. The molecule has 29 heavy (non-hydrogen) atoms. The Morgan fingerprint density at radius 2 is 2.03 bits per heavy atom. The van der Waals surface area contributed by atoms with Gasteiger partial charge in [-0.3, -0.25) is 0 Å². The number of phenolic OH excluding ortho intramolecular Hbond substituents is 1. The van der Waals surface area contributed by atoms with Crippen molar-refractivity contribution < 1.29 is 18.3 Å². The molecule has 5 nitrogen and oxygen atoms in total. The summed E-state index contributed by atoms with van der Waals surface area (Å²) >= 11 is 0. The zero-order valence-corrected chi connectivity index (χ0v) is 16.5. The van der Waals surface area contributed by atoms with Crippen LogP contribution in [0.4, 0.5) is 19.0 Å². The van der Waals surface area contributed by atoms with E-state index in [1.807, 2.05) is 6.07 Å². The Balaban J connectivity index is 1.59. The Labute approximate surface area is 167 Å². The predicted octanol–water partition coefficient (Wildman–Crippen LogP) is 4.14. The molecular formula is C21H25F3N4O. The molecule has 0 amide bonds. The molecule has 2 aliphatic rings. The maximum Gasteiger partial charge on any atom is 0.416 e. The number of phenols is 1. The molecule has 4 rings (SSSR count). The first-order chi connectivity index (χ1) is 13.8. The number of piperidine rings is 1. The maximum atomic E-state index is 12.9. The summed E-state index contributed by atoms with van der Waals surface area (Å²) < 4.78 is 38.8. The summed E-state index contributed by atoms with van der Waals surface area (Å²) in [5.74, 6) is 0.975. The highest BCUT2D eigenvalue weighted by Crippen LogP contribution is 2.39. The highest BCUT2D eigenvalue weighted by Gasteiger charge is 2.39. The molecule has 156 valence electrons. The van der Waals surface area contributed by atoms with Gasteiger partial charge in [-0.25, -0.2) is 0 Å². The van der Waals surface area contributed by atoms with Crippen molar-refractivity contribution in [2.45, 2.75) is 51.4 Å². The van der Waals surface area contributed by atoms with Crippen LogP contribution >= 0.6 is 0 Å². The quantitative estimate of drug-likeness (QED) is 0.802. The summed E-state index contributed by atoms with van der Waals surface area (Å²) in [6.45, 7) is 5.70. The number of halogens is 3. The lowest BCUT2D eigenvalue weighted by molar-refractivity contribution is -0.137. The van der Waals surface area contributed by atoms with Crippen LogP contribution in [0.1, 0.15) is 37.3 Å². The topological polar surface area (TPSA) is 61.3 Å². The van der Waals surface area contributed by atoms with Gasteiger partial charge in [0.15, 0.2) is 5.82 Å². The molecule has 1 aromatic heterocycles. The highest BCUT2D eigenvalue weighted by atomic mass is 19.4. The standard InChI is InChI=1S/C21H25F3N4O/c1-3-13-9-17-15(25-11-13)6-7-28(17)19-5-4-16(26-27-19)20-12(2)8-14(10-18(20)29)21(22,23)24/h4-5,8,10,13,15,17,25,29H,3,6-7,9,11H2,1-2H3/t13?,15-,17+/m1/s1. The summed E-state index contributed by atoms with van der Waals surface area (Å²) in [6, 6.07) is 6.17. The molecule has 0 bridgehead atoms. The number of fused-ring (bicyclic) bond motifs is 1. The number of anilines is 1. The van der Waals surface area contributed by atoms with Crippen LogP contribution in [-0.4, -0.2) is 40.5 Å². The second-order valence-electron chi connectivity index (χ2n) is 8.04. The van der Waals surface area contributed by atoms with Crippen molar-refractivity contribution in [3.63, 3.8) is 0 Å². The van der Waals surface area contributed by atoms with Gasteiger partial charge in [-0.2, -0.15) is 13.2 Å². The van der Waals surface area contributed by atoms with Gasteiger partial charge in [-0.15, -0.1) is 10.2 Å². The summed E-state index contributed by atoms with van der Waals surface area (Å²) in [6.07, 6.45) is -1.19. The lowest BCUT2D eigenvalue weighted by Gasteiger charge is -2.37. The third kappa shape index (κ3) is 3.77. The minimum absolute atomic E-state index is 0.279. The number of rotatable bonds is 3. The van der Waals surface area contributed by atoms with Gasteiger partial charge in [-0.1, -0.05) is 13.3 Å². The first-order valence-electron chi connectivity index (χ1n) is 10.0. The molecule has 0 saturated carbocycles. The van der Waals surface area contributed by atoms with Crippen LogP contribution < -0.4 is 10.2 Å². The molecule has 3 atom stereocenters. The van der Waals surface area contributed by atoms with Crippen LogP contribution in [0.25, 0.3) is 11.3 Å². The minimum atomic E-state index is -4.51. The van der Waals surface area contributed by atoms with Crippen LogP contribution in [0.2, 0.25) is 0 Å². The molecule has 2 fully saturated rings. The first-order valence-corrected chi connectivity index (χ1v) is 10.0. The monoisotopic (exact) mass is 406 g/mol. The SMILES string of the molecule is CCC1CN[C@@H]2CCN(c3ccc(-c4c(C)cc(C(F)(F)F)cc4O)nn3)[C@H]2C1. The molecule has 0 aliphatic carbocycles. The van der Waals surface area contributed by atoms with Crippen molar-refractivity contribution in [1.29, 1.82) is 0 Å². The Morgan fingerprint density at radius 1 is 1.24 bits per heavy atom. The molecule has 3 heterocycles. The van der Waals surface area contributed by atoms with Gasteiger partial charge in [0.25, 0.3) is 0 Å². The summed E-state index contributed by atoms with van der Waals surface area (Å²) in [4.78, 5) is 2.27. The van der Waals surface area contributed by atoms with Crippen LogP contribution in [0, 0.1) is 12.8 Å². The second-order valence-corrected chi connectivity index (χ2v) is 8.04. The Kier molecular flexibility index (Phi) is 5.14. The molecule has 8 heteroatoms. The van der Waals surface area contributed by atoms with E-state index in [-0.39, 0.29) is 5.56 Å². The van der Waals surface area contributed by atoms with Crippen LogP contribution in [-0.2, 0) is 6.18 Å². The van der Waals surface area contributed by atoms with E-state index in [1.165, 1.54) is 6.92 Å². The molecule has 1 aromatic carbocycles. The second kappa shape index (κ2) is 7.48. The number of alkyl halides is 3. The number of aromatic hydroxyl groups is 1. The fourth-order valence-electron chi connectivity index (χ4n) is 4.60. The van der Waals surface area contributed by atoms with E-state index in [1.54, 1.807) is 6.07 Å². The fourth-order valence-corrected chi connectivity index (χ4v) is 4.60. The third-order valence-corrected chi connectivity index (χ3v) is 6.21. The number of aryl methyl sites for hydroxylation is 1. The van der Waals surface area contributed by atoms with E-state index in [4.69, 9.17) is 0 Å². The molecule has 0 spiro atoms. The van der Waals surface area contributed by atoms with E-state index in [2.05, 4.69) is 27.3 Å². The van der Waals surface area contributed by atoms with Crippen LogP contribution in [0.3, 0.4) is 0 Å². The number of hydrogen-bond acceptors (Lipinski definition) is 5. The van der Waals surface area contributed by atoms with E-state index in [9.17, 15) is 18.3 Å². The van der Waals surface area contributed by atoms with Gasteiger partial charge in [0.05, 0.1) is 11.3 Å². The number of hydrogen-bond donors (Lipinski definition) is 2. The van der Waals surface area contributed by atoms with Crippen molar-refractivity contribution >= 4 is 5.82 Å². The van der Waals surface area contributed by atoms with Gasteiger partial charge >= 0.3 is 6.18 Å². The lowest BCUT2D eigenvalue weighted by atomic mass is 9.89. The number of nitrogens with one attached hydrogen (secondary N) is 1. The van der Waals surface area contributed by atoms with Gasteiger partial charge in [0.2, 0.25) is 0 Å². The Hall–Kier alpha value is -2.35. The molecule has 2 saturated heterocycles. The number of benzene rings is 1. The molecule has 1 unspecified atom stereocenters. The van der Waals surface area contributed by atoms with Crippen molar-refractivity contribution in [2.75, 3.05) is 18.0 Å². The lowest BCUT2D eigenvalue weighted by Crippen LogP contribution is -2.50. The third-order valence-electron chi connectivity index (χ3n) is 6.21. The number of nitrogens with zero attached hydrogens (tertiary/aromatic N) is 3. The van der Waals surface area contributed by atoms with Crippen molar-refractivity contribution in [1.82, 2.24) is 15.5 Å². The van der Waals surface area contributed by atoms with E-state index in [0.717, 1.165) is 50.3 Å². The largest absolute Gasteiger partial charge is 0.507 e. The Bertz CT molecular complexity index is 861. The zero-order chi connectivity index (χ0) is 20.8. The van der Waals surface area contributed by atoms with Crippen molar-refractivity contribution in [3.8, 4) is 17.0 Å². The average molecular weight is 406 g/mol. The van der Waals surface area contributed by atoms with Crippen LogP contribution in [0.15, 0.2) is 24.3 Å². The number of aromatic nitrogens is 2. The normalized spacial score (nSPS) is 24.6. The average Bonchev–Trinajstić information content (AvgIpc) is 3.10. The minimum Gasteiger partial charge on any atom is -0.507 e. The first kappa shape index (κ1) is 19.9.